The average Bonchev–Trinajstić information content (AvgIpc) is 2.71. The van der Waals surface area contributed by atoms with E-state index < -0.39 is 5.97 Å². The quantitative estimate of drug-likeness (QED) is 0.846. The monoisotopic (exact) mass is 251 g/mol. The molecule has 0 fully saturated rings. The van der Waals surface area contributed by atoms with Crippen LogP contribution in [0.4, 0.5) is 0 Å². The van der Waals surface area contributed by atoms with E-state index in [1.165, 1.54) is 5.56 Å². The van der Waals surface area contributed by atoms with Gasteiger partial charge in [-0.15, -0.1) is 11.8 Å². The molecule has 90 valence electrons. The first kappa shape index (κ1) is 12.0. The van der Waals surface area contributed by atoms with Crippen LogP contribution in [0.1, 0.15) is 12.0 Å². The van der Waals surface area contributed by atoms with E-state index in [4.69, 9.17) is 5.11 Å². The van der Waals surface area contributed by atoms with Crippen molar-refractivity contribution in [3.05, 3.63) is 29.8 Å². The number of rotatable bonds is 4. The third-order valence-corrected chi connectivity index (χ3v) is 3.90. The molecule has 2 rings (SSSR count). The predicted molar refractivity (Wildman–Crippen MR) is 65.1 cm³/mol. The number of carboxylic acids is 1. The topological polar surface area (TPSA) is 66.4 Å². The number of carboxylic acid groups (broad SMARTS) is 1. The van der Waals surface area contributed by atoms with Crippen molar-refractivity contribution in [1.29, 1.82) is 0 Å². The van der Waals surface area contributed by atoms with Crippen molar-refractivity contribution in [3.8, 4) is 0 Å². The standard InChI is InChI=1S/C12H13NO3S/c14-11(15)5-6-13-12(16)10-7-8-3-1-2-4-9(8)17-10/h1-4,10H,5-7H2,(H,13,16)(H,14,15). The van der Waals surface area contributed by atoms with Gasteiger partial charge in [-0.05, 0) is 18.1 Å². The molecule has 0 radical (unpaired) electrons. The number of carbonyl (C=O) groups excluding carboxylic acids is 1. The number of amides is 1. The summed E-state index contributed by atoms with van der Waals surface area (Å²) in [6, 6.07) is 7.94. The van der Waals surface area contributed by atoms with Gasteiger partial charge in [0.1, 0.15) is 0 Å². The minimum absolute atomic E-state index is 0.0317. The number of thioether (sulfide) groups is 1. The van der Waals surface area contributed by atoms with Crippen LogP contribution in [0, 0.1) is 0 Å². The number of fused-ring (bicyclic) bond motifs is 1. The molecule has 0 aliphatic carbocycles. The lowest BCUT2D eigenvalue weighted by atomic mass is 10.1. The van der Waals surface area contributed by atoms with Gasteiger partial charge in [0, 0.05) is 11.4 Å². The van der Waals surface area contributed by atoms with Crippen molar-refractivity contribution < 1.29 is 14.7 Å². The first-order chi connectivity index (χ1) is 8.16. The zero-order valence-corrected chi connectivity index (χ0v) is 10.00. The maximum Gasteiger partial charge on any atom is 0.305 e. The lowest BCUT2D eigenvalue weighted by Crippen LogP contribution is -2.33. The Bertz CT molecular complexity index is 422. The Kier molecular flexibility index (Phi) is 3.68. The Morgan fingerprint density at radius 2 is 2.18 bits per heavy atom. The molecule has 1 amide bonds. The largest absolute Gasteiger partial charge is 0.481 e. The van der Waals surface area contributed by atoms with E-state index in [2.05, 4.69) is 5.32 Å². The molecule has 1 unspecified atom stereocenters. The molecule has 1 aliphatic rings. The molecule has 1 aromatic rings. The summed E-state index contributed by atoms with van der Waals surface area (Å²) in [5, 5.41) is 11.0. The Balaban J connectivity index is 1.86. The molecular weight excluding hydrogens is 238 g/mol. The minimum atomic E-state index is -0.896. The van der Waals surface area contributed by atoms with Crippen molar-refractivity contribution in [3.63, 3.8) is 0 Å². The molecule has 0 aromatic heterocycles. The van der Waals surface area contributed by atoms with Gasteiger partial charge in [-0.25, -0.2) is 0 Å². The van der Waals surface area contributed by atoms with Crippen LogP contribution in [0.3, 0.4) is 0 Å². The molecule has 2 N–H and O–H groups in total. The van der Waals surface area contributed by atoms with Gasteiger partial charge in [0.15, 0.2) is 0 Å². The first-order valence-corrected chi connectivity index (χ1v) is 6.29. The Morgan fingerprint density at radius 1 is 1.41 bits per heavy atom. The van der Waals surface area contributed by atoms with Gasteiger partial charge >= 0.3 is 5.97 Å². The molecule has 0 bridgehead atoms. The fourth-order valence-corrected chi connectivity index (χ4v) is 2.95. The van der Waals surface area contributed by atoms with E-state index in [0.717, 1.165) is 11.3 Å². The number of aliphatic carboxylic acids is 1. The Labute approximate surface area is 103 Å². The van der Waals surface area contributed by atoms with Gasteiger partial charge in [-0.2, -0.15) is 0 Å². The third-order valence-electron chi connectivity index (χ3n) is 2.58. The summed E-state index contributed by atoms with van der Waals surface area (Å²) >= 11 is 1.54. The summed E-state index contributed by atoms with van der Waals surface area (Å²) in [6.45, 7) is 0.196. The van der Waals surface area contributed by atoms with E-state index in [9.17, 15) is 9.59 Å². The van der Waals surface area contributed by atoms with E-state index in [1.54, 1.807) is 11.8 Å². The Morgan fingerprint density at radius 3 is 2.88 bits per heavy atom. The van der Waals surface area contributed by atoms with Gasteiger partial charge in [0.25, 0.3) is 0 Å². The number of nitrogens with one attached hydrogen (secondary N) is 1. The zero-order valence-electron chi connectivity index (χ0n) is 9.18. The van der Waals surface area contributed by atoms with Crippen molar-refractivity contribution in [2.45, 2.75) is 23.0 Å². The first-order valence-electron chi connectivity index (χ1n) is 5.41. The van der Waals surface area contributed by atoms with Gasteiger partial charge in [-0.3, -0.25) is 9.59 Å². The van der Waals surface area contributed by atoms with Crippen molar-refractivity contribution in [1.82, 2.24) is 5.32 Å². The number of hydrogen-bond acceptors (Lipinski definition) is 3. The van der Waals surface area contributed by atoms with Crippen LogP contribution in [-0.2, 0) is 16.0 Å². The van der Waals surface area contributed by atoms with E-state index in [-0.39, 0.29) is 24.1 Å². The van der Waals surface area contributed by atoms with Crippen molar-refractivity contribution in [2.75, 3.05) is 6.54 Å². The second kappa shape index (κ2) is 5.23. The maximum absolute atomic E-state index is 11.8. The van der Waals surface area contributed by atoms with Gasteiger partial charge in [0.05, 0.1) is 11.7 Å². The summed E-state index contributed by atoms with van der Waals surface area (Å²) in [7, 11) is 0. The van der Waals surface area contributed by atoms with Crippen LogP contribution in [0.15, 0.2) is 29.2 Å². The molecule has 0 spiro atoms. The summed E-state index contributed by atoms with van der Waals surface area (Å²) in [6.07, 6.45) is 0.690. The number of carbonyl (C=O) groups is 2. The average molecular weight is 251 g/mol. The second-order valence-electron chi connectivity index (χ2n) is 3.85. The summed E-state index contributed by atoms with van der Waals surface area (Å²) in [5.41, 5.74) is 1.19. The predicted octanol–water partition coefficient (Wildman–Crippen LogP) is 1.29. The van der Waals surface area contributed by atoms with Crippen LogP contribution in [0.25, 0.3) is 0 Å². The smallest absolute Gasteiger partial charge is 0.305 e. The molecule has 1 atom stereocenters. The highest BCUT2D eigenvalue weighted by Crippen LogP contribution is 2.36. The van der Waals surface area contributed by atoms with E-state index in [0.29, 0.717) is 0 Å². The van der Waals surface area contributed by atoms with Gasteiger partial charge < -0.3 is 10.4 Å². The molecule has 1 heterocycles. The van der Waals surface area contributed by atoms with Gasteiger partial charge in [0.2, 0.25) is 5.91 Å². The lowest BCUT2D eigenvalue weighted by Gasteiger charge is -2.08. The fraction of sp³-hybridized carbons (Fsp3) is 0.333. The molecule has 17 heavy (non-hydrogen) atoms. The normalized spacial score (nSPS) is 17.5. The second-order valence-corrected chi connectivity index (χ2v) is 5.10. The molecule has 1 aromatic carbocycles. The van der Waals surface area contributed by atoms with Crippen molar-refractivity contribution in [2.24, 2.45) is 0 Å². The van der Waals surface area contributed by atoms with Crippen LogP contribution in [-0.4, -0.2) is 28.8 Å². The molecule has 5 heteroatoms. The fourth-order valence-electron chi connectivity index (χ4n) is 1.73. The zero-order chi connectivity index (χ0) is 12.3. The number of benzene rings is 1. The summed E-state index contributed by atoms with van der Waals surface area (Å²) in [4.78, 5) is 23.2. The highest BCUT2D eigenvalue weighted by atomic mass is 32.2. The highest BCUT2D eigenvalue weighted by Gasteiger charge is 2.27. The van der Waals surface area contributed by atoms with Crippen LogP contribution < -0.4 is 5.32 Å². The molecular formula is C12H13NO3S. The van der Waals surface area contributed by atoms with Crippen molar-refractivity contribution >= 4 is 23.6 Å². The number of hydrogen-bond donors (Lipinski definition) is 2. The lowest BCUT2D eigenvalue weighted by molar-refractivity contribution is -0.136. The molecule has 4 nitrogen and oxygen atoms in total. The van der Waals surface area contributed by atoms with Crippen LogP contribution >= 0.6 is 11.8 Å². The maximum atomic E-state index is 11.8. The molecule has 1 aliphatic heterocycles. The van der Waals surface area contributed by atoms with E-state index >= 15 is 0 Å². The summed E-state index contributed by atoms with van der Waals surface area (Å²) < 4.78 is 0. The summed E-state index contributed by atoms with van der Waals surface area (Å²) in [5.74, 6) is -0.972. The highest BCUT2D eigenvalue weighted by molar-refractivity contribution is 8.01. The van der Waals surface area contributed by atoms with Crippen LogP contribution in [0.2, 0.25) is 0 Å². The van der Waals surface area contributed by atoms with E-state index in [1.807, 2.05) is 24.3 Å². The molecule has 0 saturated heterocycles. The molecule has 0 saturated carbocycles. The van der Waals surface area contributed by atoms with Crippen LogP contribution in [0.5, 0.6) is 0 Å². The Hall–Kier alpha value is -1.49. The third kappa shape index (κ3) is 3.00. The SMILES string of the molecule is O=C(O)CCNC(=O)C1Cc2ccccc2S1. The van der Waals surface area contributed by atoms with Gasteiger partial charge in [-0.1, -0.05) is 18.2 Å². The minimum Gasteiger partial charge on any atom is -0.481 e.